The lowest BCUT2D eigenvalue weighted by Gasteiger charge is -2.14. The molecule has 1 atom stereocenters. The van der Waals surface area contributed by atoms with Crippen molar-refractivity contribution >= 4 is 16.9 Å². The van der Waals surface area contributed by atoms with Gasteiger partial charge in [0.2, 0.25) is 0 Å². The number of hydrogen-bond donors (Lipinski definition) is 1. The summed E-state index contributed by atoms with van der Waals surface area (Å²) in [5.41, 5.74) is 1.63. The Balaban J connectivity index is 2.72. The lowest BCUT2D eigenvalue weighted by atomic mass is 10.0. The van der Waals surface area contributed by atoms with Crippen LogP contribution in [0.15, 0.2) is 24.3 Å². The molecule has 0 radical (unpaired) electrons. The molecule has 4 nitrogen and oxygen atoms in total. The molecule has 1 aromatic heterocycles. The van der Waals surface area contributed by atoms with Gasteiger partial charge < -0.3 is 5.11 Å². The average molecular weight is 232 g/mol. The maximum Gasteiger partial charge on any atom is 0.312 e. The topological polar surface area (TPSA) is 55.1 Å². The Kier molecular flexibility index (Phi) is 2.88. The van der Waals surface area contributed by atoms with Crippen molar-refractivity contribution in [3.8, 4) is 0 Å². The first kappa shape index (κ1) is 11.6. The molecule has 0 amide bonds. The zero-order valence-corrected chi connectivity index (χ0v) is 10.2. The van der Waals surface area contributed by atoms with Gasteiger partial charge in [0.25, 0.3) is 0 Å². The van der Waals surface area contributed by atoms with Gasteiger partial charge in [0, 0.05) is 11.4 Å². The predicted octanol–water partition coefficient (Wildman–Crippen LogP) is 2.81. The number of nitrogens with zero attached hydrogens (tertiary/aromatic N) is 2. The monoisotopic (exact) mass is 232 g/mol. The summed E-state index contributed by atoms with van der Waals surface area (Å²) in [6.07, 6.45) is 0. The van der Waals surface area contributed by atoms with E-state index in [1.54, 1.807) is 6.92 Å². The van der Waals surface area contributed by atoms with Crippen molar-refractivity contribution in [1.29, 1.82) is 0 Å². The quantitative estimate of drug-likeness (QED) is 0.885. The molecule has 0 spiro atoms. The second-order valence-electron chi connectivity index (χ2n) is 4.50. The van der Waals surface area contributed by atoms with Gasteiger partial charge in [-0.15, -0.1) is 0 Å². The SMILES string of the molecule is CC(C(=O)O)c1c2ccccc2nn1C(C)C. The van der Waals surface area contributed by atoms with Crippen LogP contribution >= 0.6 is 0 Å². The molecular formula is C13H16N2O2. The fourth-order valence-corrected chi connectivity index (χ4v) is 2.01. The Labute approximate surface area is 99.9 Å². The van der Waals surface area contributed by atoms with Crippen molar-refractivity contribution in [2.75, 3.05) is 0 Å². The number of aliphatic carboxylic acids is 1. The molecule has 0 aliphatic heterocycles. The highest BCUT2D eigenvalue weighted by Crippen LogP contribution is 2.28. The van der Waals surface area contributed by atoms with Gasteiger partial charge in [0.1, 0.15) is 0 Å². The zero-order valence-electron chi connectivity index (χ0n) is 10.2. The van der Waals surface area contributed by atoms with Crippen LogP contribution in [0.3, 0.4) is 0 Å². The van der Waals surface area contributed by atoms with Gasteiger partial charge in [-0.2, -0.15) is 5.10 Å². The largest absolute Gasteiger partial charge is 0.481 e. The van der Waals surface area contributed by atoms with E-state index >= 15 is 0 Å². The molecule has 1 aromatic carbocycles. The van der Waals surface area contributed by atoms with Gasteiger partial charge in [-0.25, -0.2) is 0 Å². The van der Waals surface area contributed by atoms with Crippen molar-refractivity contribution in [2.24, 2.45) is 0 Å². The summed E-state index contributed by atoms with van der Waals surface area (Å²) in [5.74, 6) is -1.37. The Hall–Kier alpha value is -1.84. The van der Waals surface area contributed by atoms with Gasteiger partial charge in [-0.05, 0) is 26.8 Å². The van der Waals surface area contributed by atoms with Crippen molar-refractivity contribution in [3.05, 3.63) is 30.0 Å². The first-order valence-corrected chi connectivity index (χ1v) is 5.72. The smallest absolute Gasteiger partial charge is 0.312 e. The Morgan fingerprint density at radius 3 is 2.53 bits per heavy atom. The minimum Gasteiger partial charge on any atom is -0.481 e. The van der Waals surface area contributed by atoms with Gasteiger partial charge in [0.15, 0.2) is 0 Å². The molecule has 1 N–H and O–H groups in total. The highest BCUT2D eigenvalue weighted by atomic mass is 16.4. The van der Waals surface area contributed by atoms with E-state index in [4.69, 9.17) is 0 Å². The van der Waals surface area contributed by atoms with Crippen LogP contribution in [0.5, 0.6) is 0 Å². The molecular weight excluding hydrogens is 216 g/mol. The van der Waals surface area contributed by atoms with Crippen molar-refractivity contribution in [2.45, 2.75) is 32.7 Å². The molecule has 0 aliphatic carbocycles. The molecule has 0 bridgehead atoms. The van der Waals surface area contributed by atoms with E-state index in [0.29, 0.717) is 0 Å². The molecule has 1 unspecified atom stereocenters. The van der Waals surface area contributed by atoms with Crippen LogP contribution < -0.4 is 0 Å². The third-order valence-corrected chi connectivity index (χ3v) is 2.91. The maximum atomic E-state index is 11.2. The summed E-state index contributed by atoms with van der Waals surface area (Å²) in [7, 11) is 0. The molecule has 90 valence electrons. The Morgan fingerprint density at radius 1 is 1.29 bits per heavy atom. The van der Waals surface area contributed by atoms with Gasteiger partial charge in [-0.3, -0.25) is 9.48 Å². The number of aromatic nitrogens is 2. The van der Waals surface area contributed by atoms with Crippen LogP contribution in [0.1, 0.15) is 38.4 Å². The minimum atomic E-state index is -0.822. The van der Waals surface area contributed by atoms with E-state index in [-0.39, 0.29) is 6.04 Å². The van der Waals surface area contributed by atoms with E-state index in [9.17, 15) is 9.90 Å². The predicted molar refractivity (Wildman–Crippen MR) is 66.2 cm³/mol. The van der Waals surface area contributed by atoms with Crippen LogP contribution in [-0.4, -0.2) is 20.9 Å². The molecule has 0 aliphatic rings. The Bertz CT molecular complexity index is 558. The van der Waals surface area contributed by atoms with Gasteiger partial charge in [0.05, 0.1) is 17.1 Å². The van der Waals surface area contributed by atoms with E-state index in [1.165, 1.54) is 0 Å². The second-order valence-corrected chi connectivity index (χ2v) is 4.50. The third-order valence-electron chi connectivity index (χ3n) is 2.91. The van der Waals surface area contributed by atoms with Crippen LogP contribution in [0, 0.1) is 0 Å². The molecule has 0 saturated carbocycles. The molecule has 4 heteroatoms. The van der Waals surface area contributed by atoms with Crippen LogP contribution in [-0.2, 0) is 4.79 Å². The maximum absolute atomic E-state index is 11.2. The lowest BCUT2D eigenvalue weighted by Crippen LogP contribution is -2.15. The van der Waals surface area contributed by atoms with Crippen LogP contribution in [0.4, 0.5) is 0 Å². The standard InChI is InChI=1S/C13H16N2O2/c1-8(2)15-12(9(3)13(16)17)10-6-4-5-7-11(10)14-15/h4-9H,1-3H3,(H,16,17). The fraction of sp³-hybridized carbons (Fsp3) is 0.385. The summed E-state index contributed by atoms with van der Waals surface area (Å²) in [5, 5.41) is 14.6. The highest BCUT2D eigenvalue weighted by molar-refractivity contribution is 5.87. The second kappa shape index (κ2) is 4.20. The minimum absolute atomic E-state index is 0.152. The molecule has 0 saturated heterocycles. The summed E-state index contributed by atoms with van der Waals surface area (Å²) in [6.45, 7) is 5.71. The van der Waals surface area contributed by atoms with Gasteiger partial charge >= 0.3 is 5.97 Å². The lowest BCUT2D eigenvalue weighted by molar-refractivity contribution is -0.138. The van der Waals surface area contributed by atoms with E-state index < -0.39 is 11.9 Å². The zero-order chi connectivity index (χ0) is 12.6. The number of benzene rings is 1. The molecule has 2 aromatic rings. The van der Waals surface area contributed by atoms with E-state index in [1.807, 2.05) is 42.8 Å². The van der Waals surface area contributed by atoms with Crippen molar-refractivity contribution in [3.63, 3.8) is 0 Å². The first-order valence-electron chi connectivity index (χ1n) is 5.72. The van der Waals surface area contributed by atoms with Crippen LogP contribution in [0.25, 0.3) is 10.9 Å². The molecule has 1 heterocycles. The van der Waals surface area contributed by atoms with Crippen molar-refractivity contribution < 1.29 is 9.90 Å². The molecule has 2 rings (SSSR count). The fourth-order valence-electron chi connectivity index (χ4n) is 2.01. The normalized spacial score (nSPS) is 13.2. The highest BCUT2D eigenvalue weighted by Gasteiger charge is 2.23. The number of fused-ring (bicyclic) bond motifs is 1. The number of carbonyl (C=O) groups is 1. The number of carboxylic acid groups (broad SMARTS) is 1. The summed E-state index contributed by atoms with van der Waals surface area (Å²) in [4.78, 5) is 11.2. The number of rotatable bonds is 3. The Morgan fingerprint density at radius 2 is 1.94 bits per heavy atom. The third kappa shape index (κ3) is 1.90. The summed E-state index contributed by atoms with van der Waals surface area (Å²) in [6, 6.07) is 7.81. The van der Waals surface area contributed by atoms with E-state index in [0.717, 1.165) is 16.6 Å². The summed E-state index contributed by atoms with van der Waals surface area (Å²) >= 11 is 0. The summed E-state index contributed by atoms with van der Waals surface area (Å²) < 4.78 is 1.81. The van der Waals surface area contributed by atoms with Crippen molar-refractivity contribution in [1.82, 2.24) is 9.78 Å². The molecule has 17 heavy (non-hydrogen) atoms. The van der Waals surface area contributed by atoms with Crippen LogP contribution in [0.2, 0.25) is 0 Å². The van der Waals surface area contributed by atoms with E-state index in [2.05, 4.69) is 5.10 Å². The number of carboxylic acids is 1. The van der Waals surface area contributed by atoms with Gasteiger partial charge in [-0.1, -0.05) is 18.2 Å². The first-order chi connectivity index (χ1) is 8.02. The molecule has 0 fully saturated rings. The number of hydrogen-bond acceptors (Lipinski definition) is 2. The average Bonchev–Trinajstić information content (AvgIpc) is 2.67.